The number of sulfonamides is 1. The molecule has 3 rings (SSSR count). The summed E-state index contributed by atoms with van der Waals surface area (Å²) in [5, 5.41) is 3.56. The summed E-state index contributed by atoms with van der Waals surface area (Å²) in [7, 11) is -3.78. The molecule has 7 nitrogen and oxygen atoms in total. The third-order valence-corrected chi connectivity index (χ3v) is 8.16. The maximum Gasteiger partial charge on any atom is 0.244 e. The van der Waals surface area contributed by atoms with E-state index in [9.17, 15) is 18.0 Å². The van der Waals surface area contributed by atoms with Crippen LogP contribution >= 0.6 is 27.5 Å². The standard InChI is InChI=1S/C25H31BrClN3O4S/c1-3-23(25(32)28-20-11-5-6-12-20)29(16-18-9-4-7-14-22(18)27)24(31)17-30(35(2,33)34)21-13-8-10-19(26)15-21/h4,7-10,13-15,20,23H,3,5-6,11-12,16-17H2,1-2H3,(H,28,32)/t23-/m0/s1. The summed E-state index contributed by atoms with van der Waals surface area (Å²) in [5.74, 6) is -0.711. The van der Waals surface area contributed by atoms with Crippen molar-refractivity contribution in [3.63, 3.8) is 0 Å². The van der Waals surface area contributed by atoms with Gasteiger partial charge < -0.3 is 10.2 Å². The van der Waals surface area contributed by atoms with Gasteiger partial charge in [0.05, 0.1) is 11.9 Å². The van der Waals surface area contributed by atoms with Gasteiger partial charge in [0.1, 0.15) is 12.6 Å². The van der Waals surface area contributed by atoms with E-state index in [2.05, 4.69) is 21.2 Å². The number of amides is 2. The van der Waals surface area contributed by atoms with Crippen molar-refractivity contribution in [3.8, 4) is 0 Å². The molecule has 2 amide bonds. The molecule has 1 aliphatic carbocycles. The summed E-state index contributed by atoms with van der Waals surface area (Å²) in [6, 6.07) is 13.2. The maximum absolute atomic E-state index is 13.7. The van der Waals surface area contributed by atoms with Crippen molar-refractivity contribution in [1.82, 2.24) is 10.2 Å². The average molecular weight is 585 g/mol. The monoisotopic (exact) mass is 583 g/mol. The maximum atomic E-state index is 13.7. The fourth-order valence-corrected chi connectivity index (χ4v) is 5.77. The number of carbonyl (C=O) groups is 2. The Kier molecular flexibility index (Phi) is 9.61. The van der Waals surface area contributed by atoms with Gasteiger partial charge in [0, 0.05) is 22.1 Å². The molecule has 1 atom stereocenters. The molecule has 1 saturated carbocycles. The van der Waals surface area contributed by atoms with Gasteiger partial charge in [-0.2, -0.15) is 0 Å². The Balaban J connectivity index is 1.93. The molecule has 0 unspecified atom stereocenters. The van der Waals surface area contributed by atoms with E-state index in [-0.39, 0.29) is 18.5 Å². The molecule has 190 valence electrons. The first-order valence-corrected chi connectivity index (χ1v) is 14.7. The highest BCUT2D eigenvalue weighted by atomic mass is 79.9. The van der Waals surface area contributed by atoms with E-state index >= 15 is 0 Å². The van der Waals surface area contributed by atoms with E-state index in [1.165, 1.54) is 4.90 Å². The van der Waals surface area contributed by atoms with Gasteiger partial charge in [-0.25, -0.2) is 8.42 Å². The van der Waals surface area contributed by atoms with Crippen LogP contribution in [0.2, 0.25) is 5.02 Å². The Hall–Kier alpha value is -2.10. The molecule has 0 bridgehead atoms. The highest BCUT2D eigenvalue weighted by molar-refractivity contribution is 9.10. The normalized spacial score (nSPS) is 15.0. The summed E-state index contributed by atoms with van der Waals surface area (Å²) in [6.07, 6.45) is 5.42. The number of rotatable bonds is 10. The SMILES string of the molecule is CC[C@@H](C(=O)NC1CCCC1)N(Cc1ccccc1Cl)C(=O)CN(c1cccc(Br)c1)S(C)(=O)=O. The van der Waals surface area contributed by atoms with Crippen LogP contribution < -0.4 is 9.62 Å². The predicted molar refractivity (Wildman–Crippen MR) is 143 cm³/mol. The largest absolute Gasteiger partial charge is 0.352 e. The molecular formula is C25H31BrClN3O4S. The van der Waals surface area contributed by atoms with Gasteiger partial charge in [0.25, 0.3) is 0 Å². The number of nitrogens with one attached hydrogen (secondary N) is 1. The summed E-state index contributed by atoms with van der Waals surface area (Å²) < 4.78 is 27.1. The van der Waals surface area contributed by atoms with Crippen molar-refractivity contribution < 1.29 is 18.0 Å². The lowest BCUT2D eigenvalue weighted by Crippen LogP contribution is -2.53. The average Bonchev–Trinajstić information content (AvgIpc) is 3.30. The minimum absolute atomic E-state index is 0.0885. The zero-order chi connectivity index (χ0) is 25.6. The predicted octanol–water partition coefficient (Wildman–Crippen LogP) is 4.73. The van der Waals surface area contributed by atoms with E-state index in [1.807, 2.05) is 13.0 Å². The van der Waals surface area contributed by atoms with Gasteiger partial charge in [0.2, 0.25) is 21.8 Å². The number of nitrogens with zero attached hydrogens (tertiary/aromatic N) is 2. The molecule has 10 heteroatoms. The number of benzene rings is 2. The number of halogens is 2. The smallest absolute Gasteiger partial charge is 0.244 e. The third kappa shape index (κ3) is 7.44. The van der Waals surface area contributed by atoms with E-state index in [1.54, 1.807) is 42.5 Å². The number of carbonyl (C=O) groups excluding carboxylic acids is 2. The molecule has 0 aromatic heterocycles. The molecule has 2 aromatic rings. The highest BCUT2D eigenvalue weighted by Gasteiger charge is 2.33. The van der Waals surface area contributed by atoms with Gasteiger partial charge in [-0.3, -0.25) is 13.9 Å². The van der Waals surface area contributed by atoms with Gasteiger partial charge >= 0.3 is 0 Å². The van der Waals surface area contributed by atoms with Crippen LogP contribution in [0.1, 0.15) is 44.6 Å². The molecule has 35 heavy (non-hydrogen) atoms. The van der Waals surface area contributed by atoms with Crippen molar-refractivity contribution in [1.29, 1.82) is 0 Å². The van der Waals surface area contributed by atoms with Crippen molar-refractivity contribution in [2.75, 3.05) is 17.1 Å². The fourth-order valence-electron chi connectivity index (χ4n) is 4.34. The molecule has 0 spiro atoms. The second-order valence-corrected chi connectivity index (χ2v) is 12.0. The Labute approximate surface area is 221 Å². The van der Waals surface area contributed by atoms with Crippen LogP contribution in [0.15, 0.2) is 53.0 Å². The Morgan fingerprint density at radius 3 is 2.43 bits per heavy atom. The minimum Gasteiger partial charge on any atom is -0.352 e. The second-order valence-electron chi connectivity index (χ2n) is 8.78. The summed E-state index contributed by atoms with van der Waals surface area (Å²) >= 11 is 9.73. The summed E-state index contributed by atoms with van der Waals surface area (Å²) in [6.45, 7) is 1.49. The van der Waals surface area contributed by atoms with Crippen LogP contribution in [0.4, 0.5) is 5.69 Å². The lowest BCUT2D eigenvalue weighted by atomic mass is 10.1. The zero-order valence-electron chi connectivity index (χ0n) is 19.9. The van der Waals surface area contributed by atoms with Crippen LogP contribution in [-0.4, -0.2) is 50.0 Å². The Morgan fingerprint density at radius 1 is 1.14 bits per heavy atom. The molecule has 2 aromatic carbocycles. The first kappa shape index (κ1) is 27.5. The first-order valence-electron chi connectivity index (χ1n) is 11.7. The van der Waals surface area contributed by atoms with Crippen LogP contribution in [-0.2, 0) is 26.2 Å². The molecule has 0 heterocycles. The van der Waals surface area contributed by atoms with Crippen molar-refractivity contribution in [2.24, 2.45) is 0 Å². The van der Waals surface area contributed by atoms with Crippen LogP contribution in [0, 0.1) is 0 Å². The fraction of sp³-hybridized carbons (Fsp3) is 0.440. The lowest BCUT2D eigenvalue weighted by Gasteiger charge is -2.33. The van der Waals surface area contributed by atoms with E-state index in [4.69, 9.17) is 11.6 Å². The zero-order valence-corrected chi connectivity index (χ0v) is 23.1. The van der Waals surface area contributed by atoms with Gasteiger partial charge in [-0.15, -0.1) is 0 Å². The minimum atomic E-state index is -3.78. The molecule has 1 N–H and O–H groups in total. The molecule has 1 aliphatic rings. The molecular weight excluding hydrogens is 554 g/mol. The van der Waals surface area contributed by atoms with Crippen molar-refractivity contribution in [3.05, 3.63) is 63.6 Å². The van der Waals surface area contributed by atoms with Crippen LogP contribution in [0.3, 0.4) is 0 Å². The topological polar surface area (TPSA) is 86.8 Å². The first-order chi connectivity index (χ1) is 16.6. The lowest BCUT2D eigenvalue weighted by molar-refractivity contribution is -0.140. The third-order valence-electron chi connectivity index (χ3n) is 6.16. The van der Waals surface area contributed by atoms with Crippen molar-refractivity contribution in [2.45, 2.75) is 57.7 Å². The van der Waals surface area contributed by atoms with Crippen LogP contribution in [0.25, 0.3) is 0 Å². The van der Waals surface area contributed by atoms with Gasteiger partial charge in [-0.05, 0) is 49.1 Å². The van der Waals surface area contributed by atoms with E-state index in [0.29, 0.717) is 27.2 Å². The molecule has 0 radical (unpaired) electrons. The Morgan fingerprint density at radius 2 is 1.83 bits per heavy atom. The Bertz CT molecular complexity index is 1150. The van der Waals surface area contributed by atoms with Gasteiger partial charge in [0.15, 0.2) is 0 Å². The molecule has 1 fully saturated rings. The van der Waals surface area contributed by atoms with E-state index < -0.39 is 28.5 Å². The quantitative estimate of drug-likeness (QED) is 0.437. The second kappa shape index (κ2) is 12.2. The van der Waals surface area contributed by atoms with Crippen LogP contribution in [0.5, 0.6) is 0 Å². The number of hydrogen-bond acceptors (Lipinski definition) is 4. The number of anilines is 1. The van der Waals surface area contributed by atoms with Gasteiger partial charge in [-0.1, -0.05) is 71.6 Å². The molecule has 0 aliphatic heterocycles. The number of hydrogen-bond donors (Lipinski definition) is 1. The summed E-state index contributed by atoms with van der Waals surface area (Å²) in [5.41, 5.74) is 1.04. The van der Waals surface area contributed by atoms with E-state index in [0.717, 1.165) is 36.2 Å². The highest BCUT2D eigenvalue weighted by Crippen LogP contribution is 2.25. The molecule has 0 saturated heterocycles. The van der Waals surface area contributed by atoms with Crippen molar-refractivity contribution >= 4 is 55.1 Å². The summed E-state index contributed by atoms with van der Waals surface area (Å²) in [4.78, 5) is 28.4.